The number of rotatable bonds is 2. The summed E-state index contributed by atoms with van der Waals surface area (Å²) in [5, 5.41) is 4.68. The number of piperidine rings is 1. The van der Waals surface area contributed by atoms with Crippen LogP contribution in [0.4, 0.5) is 10.5 Å². The van der Waals surface area contributed by atoms with Crippen LogP contribution in [0.5, 0.6) is 0 Å². The fourth-order valence-corrected chi connectivity index (χ4v) is 3.76. The van der Waals surface area contributed by atoms with E-state index >= 15 is 0 Å². The highest BCUT2D eigenvalue weighted by atomic mass is 32.1. The van der Waals surface area contributed by atoms with Gasteiger partial charge in [-0.3, -0.25) is 0 Å². The summed E-state index contributed by atoms with van der Waals surface area (Å²) in [6, 6.07) is 6.70. The zero-order valence-electron chi connectivity index (χ0n) is 14.8. The highest BCUT2D eigenvalue weighted by molar-refractivity contribution is 7.18. The lowest BCUT2D eigenvalue weighted by Gasteiger charge is -2.34. The van der Waals surface area contributed by atoms with Crippen molar-refractivity contribution in [1.82, 2.24) is 9.88 Å². The molecule has 1 fully saturated rings. The summed E-state index contributed by atoms with van der Waals surface area (Å²) in [5.74, 6) is 0. The molecular formula is C18H25N3O2S. The number of likely N-dealkylation sites (tertiary alicyclic amines) is 1. The first-order valence-corrected chi connectivity index (χ1v) is 9.23. The van der Waals surface area contributed by atoms with E-state index in [-0.39, 0.29) is 6.09 Å². The molecule has 2 heterocycles. The second-order valence-electron chi connectivity index (χ2n) is 7.30. The fourth-order valence-electron chi connectivity index (χ4n) is 2.90. The van der Waals surface area contributed by atoms with Gasteiger partial charge in [-0.15, -0.1) is 11.3 Å². The number of carbonyl (C=O) groups excluding carboxylic acids is 1. The number of carbonyl (C=O) groups is 1. The Kier molecular flexibility index (Phi) is 4.67. The number of hydrogen-bond donors (Lipinski definition) is 1. The number of benzene rings is 1. The lowest BCUT2D eigenvalue weighted by atomic mass is 10.0. The van der Waals surface area contributed by atoms with E-state index in [0.717, 1.165) is 42.1 Å². The van der Waals surface area contributed by atoms with Crippen LogP contribution in [0.3, 0.4) is 0 Å². The molecule has 1 saturated heterocycles. The average Bonchev–Trinajstić information content (AvgIpc) is 2.85. The zero-order valence-corrected chi connectivity index (χ0v) is 15.6. The molecule has 1 aromatic heterocycles. The van der Waals surface area contributed by atoms with Crippen LogP contribution in [0.2, 0.25) is 0 Å². The van der Waals surface area contributed by atoms with Gasteiger partial charge in [-0.2, -0.15) is 0 Å². The molecule has 0 bridgehead atoms. The van der Waals surface area contributed by atoms with Crippen LogP contribution in [-0.4, -0.2) is 40.7 Å². The minimum atomic E-state index is -0.436. The molecule has 24 heavy (non-hydrogen) atoms. The van der Waals surface area contributed by atoms with E-state index in [1.165, 1.54) is 4.70 Å². The standard InChI is InChI=1S/C18H25N3O2S/c1-12-19-15-6-5-14(11-16(15)24-12)20-13-7-9-21(10-8-13)17(22)23-18(2,3)4/h5-6,11,13,20H,7-10H2,1-4H3. The van der Waals surface area contributed by atoms with Gasteiger partial charge in [0.1, 0.15) is 5.60 Å². The summed E-state index contributed by atoms with van der Waals surface area (Å²) in [4.78, 5) is 18.4. The van der Waals surface area contributed by atoms with Crippen LogP contribution < -0.4 is 5.32 Å². The van der Waals surface area contributed by atoms with Gasteiger partial charge in [0.2, 0.25) is 0 Å². The second kappa shape index (κ2) is 6.59. The van der Waals surface area contributed by atoms with Gasteiger partial charge in [0, 0.05) is 24.8 Å². The third kappa shape index (κ3) is 4.17. The van der Waals surface area contributed by atoms with Crippen molar-refractivity contribution in [2.24, 2.45) is 0 Å². The van der Waals surface area contributed by atoms with Gasteiger partial charge in [0.05, 0.1) is 15.2 Å². The van der Waals surface area contributed by atoms with E-state index in [1.807, 2.05) is 27.7 Å². The molecule has 1 amide bonds. The largest absolute Gasteiger partial charge is 0.444 e. The second-order valence-corrected chi connectivity index (χ2v) is 8.54. The van der Waals surface area contributed by atoms with Crippen molar-refractivity contribution in [1.29, 1.82) is 0 Å². The number of hydrogen-bond acceptors (Lipinski definition) is 5. The van der Waals surface area contributed by atoms with Crippen LogP contribution in [0, 0.1) is 6.92 Å². The number of fused-ring (bicyclic) bond motifs is 1. The third-order valence-electron chi connectivity index (χ3n) is 4.01. The van der Waals surface area contributed by atoms with Gasteiger partial charge in [0.25, 0.3) is 0 Å². The van der Waals surface area contributed by atoms with Crippen molar-refractivity contribution in [2.45, 2.75) is 52.2 Å². The monoisotopic (exact) mass is 347 g/mol. The number of aromatic nitrogens is 1. The summed E-state index contributed by atoms with van der Waals surface area (Å²) >= 11 is 1.72. The molecule has 3 rings (SSSR count). The molecule has 1 aliphatic rings. The Morgan fingerprint density at radius 1 is 1.33 bits per heavy atom. The Bertz CT molecular complexity index is 727. The maximum Gasteiger partial charge on any atom is 0.410 e. The maximum atomic E-state index is 12.1. The Labute approximate surface area is 147 Å². The van der Waals surface area contributed by atoms with E-state index in [9.17, 15) is 4.79 Å². The van der Waals surface area contributed by atoms with Crippen LogP contribution in [0.25, 0.3) is 10.2 Å². The average molecular weight is 347 g/mol. The molecule has 0 radical (unpaired) electrons. The first-order valence-electron chi connectivity index (χ1n) is 8.42. The Hall–Kier alpha value is -1.82. The van der Waals surface area contributed by atoms with Crippen LogP contribution in [-0.2, 0) is 4.74 Å². The molecule has 6 heteroatoms. The number of ether oxygens (including phenoxy) is 1. The van der Waals surface area contributed by atoms with E-state index in [1.54, 1.807) is 16.2 Å². The van der Waals surface area contributed by atoms with Gasteiger partial charge >= 0.3 is 6.09 Å². The molecule has 0 atom stereocenters. The fraction of sp³-hybridized carbons (Fsp3) is 0.556. The smallest absolute Gasteiger partial charge is 0.410 e. The molecule has 1 aromatic carbocycles. The minimum Gasteiger partial charge on any atom is -0.444 e. The van der Waals surface area contributed by atoms with Crippen molar-refractivity contribution in [3.8, 4) is 0 Å². The molecule has 5 nitrogen and oxygen atoms in total. The first-order chi connectivity index (χ1) is 11.3. The lowest BCUT2D eigenvalue weighted by Crippen LogP contribution is -2.44. The molecule has 130 valence electrons. The first kappa shape index (κ1) is 17.0. The van der Waals surface area contributed by atoms with Crippen LogP contribution in [0.1, 0.15) is 38.6 Å². The van der Waals surface area contributed by atoms with Crippen LogP contribution in [0.15, 0.2) is 18.2 Å². The number of nitrogens with zero attached hydrogens (tertiary/aromatic N) is 2. The molecule has 0 aliphatic carbocycles. The molecular weight excluding hydrogens is 322 g/mol. The summed E-state index contributed by atoms with van der Waals surface area (Å²) in [7, 11) is 0. The quantitative estimate of drug-likeness (QED) is 0.874. The molecule has 1 N–H and O–H groups in total. The maximum absolute atomic E-state index is 12.1. The number of thiazole rings is 1. The Morgan fingerprint density at radius 3 is 2.71 bits per heavy atom. The number of nitrogens with one attached hydrogen (secondary N) is 1. The molecule has 0 unspecified atom stereocenters. The van der Waals surface area contributed by atoms with E-state index in [4.69, 9.17) is 4.74 Å². The van der Waals surface area contributed by atoms with Crippen molar-refractivity contribution in [2.75, 3.05) is 18.4 Å². The Morgan fingerprint density at radius 2 is 2.04 bits per heavy atom. The normalized spacial score (nSPS) is 16.4. The minimum absolute atomic E-state index is 0.206. The van der Waals surface area contributed by atoms with Crippen molar-refractivity contribution in [3.05, 3.63) is 23.2 Å². The van der Waals surface area contributed by atoms with E-state index in [2.05, 4.69) is 28.5 Å². The van der Waals surface area contributed by atoms with Gasteiger partial charge in [-0.25, -0.2) is 9.78 Å². The predicted octanol–water partition coefficient (Wildman–Crippen LogP) is 4.42. The Balaban J connectivity index is 1.55. The summed E-state index contributed by atoms with van der Waals surface area (Å²) in [5.41, 5.74) is 1.75. The van der Waals surface area contributed by atoms with Crippen molar-refractivity contribution < 1.29 is 9.53 Å². The van der Waals surface area contributed by atoms with E-state index < -0.39 is 5.60 Å². The summed E-state index contributed by atoms with van der Waals surface area (Å²) in [6.45, 7) is 9.19. The van der Waals surface area contributed by atoms with Gasteiger partial charge in [0.15, 0.2) is 0 Å². The number of amides is 1. The van der Waals surface area contributed by atoms with Gasteiger partial charge < -0.3 is 15.0 Å². The van der Waals surface area contributed by atoms with E-state index in [0.29, 0.717) is 6.04 Å². The van der Waals surface area contributed by atoms with Crippen LogP contribution >= 0.6 is 11.3 Å². The molecule has 0 spiro atoms. The van der Waals surface area contributed by atoms with Crippen molar-refractivity contribution in [3.63, 3.8) is 0 Å². The number of anilines is 1. The molecule has 0 saturated carbocycles. The third-order valence-corrected chi connectivity index (χ3v) is 4.95. The summed E-state index contributed by atoms with van der Waals surface area (Å²) in [6.07, 6.45) is 1.65. The zero-order chi connectivity index (χ0) is 17.3. The summed E-state index contributed by atoms with van der Waals surface area (Å²) < 4.78 is 6.65. The van der Waals surface area contributed by atoms with Gasteiger partial charge in [-0.05, 0) is 58.7 Å². The highest BCUT2D eigenvalue weighted by Crippen LogP contribution is 2.26. The number of aryl methyl sites for hydroxylation is 1. The predicted molar refractivity (Wildman–Crippen MR) is 98.8 cm³/mol. The SMILES string of the molecule is Cc1nc2ccc(NC3CCN(C(=O)OC(C)(C)C)CC3)cc2s1. The van der Waals surface area contributed by atoms with Gasteiger partial charge in [-0.1, -0.05) is 0 Å². The van der Waals surface area contributed by atoms with Crippen molar-refractivity contribution >= 4 is 33.3 Å². The molecule has 2 aromatic rings. The topological polar surface area (TPSA) is 54.5 Å². The highest BCUT2D eigenvalue weighted by Gasteiger charge is 2.26. The lowest BCUT2D eigenvalue weighted by molar-refractivity contribution is 0.0210. The molecule has 1 aliphatic heterocycles.